The Morgan fingerprint density at radius 2 is 2.27 bits per heavy atom. The number of aliphatic hydroxyl groups is 1. The van der Waals surface area contributed by atoms with Crippen LogP contribution in [0.1, 0.15) is 12.8 Å². The lowest BCUT2D eigenvalue weighted by atomic mass is 10.1. The van der Waals surface area contributed by atoms with Gasteiger partial charge in [0.15, 0.2) is 0 Å². The van der Waals surface area contributed by atoms with Crippen LogP contribution in [0.3, 0.4) is 0 Å². The zero-order chi connectivity index (χ0) is 7.68. The SMILES string of the molecule is OC1CN(CC2CCCN2)C1. The molecule has 11 heavy (non-hydrogen) atoms. The van der Waals surface area contributed by atoms with Gasteiger partial charge in [-0.05, 0) is 19.4 Å². The Balaban J connectivity index is 1.66. The molecular weight excluding hydrogens is 140 g/mol. The Labute approximate surface area is 67.4 Å². The van der Waals surface area contributed by atoms with Crippen LogP contribution in [0.15, 0.2) is 0 Å². The fraction of sp³-hybridized carbons (Fsp3) is 1.00. The summed E-state index contributed by atoms with van der Waals surface area (Å²) in [5, 5.41) is 12.5. The highest BCUT2D eigenvalue weighted by Crippen LogP contribution is 2.12. The van der Waals surface area contributed by atoms with Crippen LogP contribution in [-0.2, 0) is 0 Å². The van der Waals surface area contributed by atoms with E-state index in [0.717, 1.165) is 19.6 Å². The summed E-state index contributed by atoms with van der Waals surface area (Å²) in [6.45, 7) is 4.09. The van der Waals surface area contributed by atoms with Gasteiger partial charge in [0.2, 0.25) is 0 Å². The van der Waals surface area contributed by atoms with Gasteiger partial charge in [-0.25, -0.2) is 0 Å². The Kier molecular flexibility index (Phi) is 2.11. The van der Waals surface area contributed by atoms with Crippen molar-refractivity contribution in [1.82, 2.24) is 10.2 Å². The van der Waals surface area contributed by atoms with E-state index in [0.29, 0.717) is 6.04 Å². The van der Waals surface area contributed by atoms with Crippen molar-refractivity contribution in [1.29, 1.82) is 0 Å². The molecule has 0 radical (unpaired) electrons. The third-order valence-corrected chi connectivity index (χ3v) is 2.58. The maximum atomic E-state index is 9.03. The Bertz CT molecular complexity index is 128. The highest BCUT2D eigenvalue weighted by molar-refractivity contribution is 4.85. The standard InChI is InChI=1S/C8H16N2O/c11-8-5-10(6-8)4-7-2-1-3-9-7/h7-9,11H,1-6H2. The van der Waals surface area contributed by atoms with Crippen molar-refractivity contribution in [2.75, 3.05) is 26.2 Å². The summed E-state index contributed by atoms with van der Waals surface area (Å²) in [6, 6.07) is 0.697. The number of nitrogens with zero attached hydrogens (tertiary/aromatic N) is 1. The molecule has 2 heterocycles. The molecule has 2 rings (SSSR count). The second kappa shape index (κ2) is 3.09. The van der Waals surface area contributed by atoms with Gasteiger partial charge in [0.1, 0.15) is 0 Å². The van der Waals surface area contributed by atoms with Crippen molar-refractivity contribution in [2.24, 2.45) is 0 Å². The van der Waals surface area contributed by atoms with Crippen LogP contribution < -0.4 is 5.32 Å². The summed E-state index contributed by atoms with van der Waals surface area (Å²) < 4.78 is 0. The maximum absolute atomic E-state index is 9.03. The maximum Gasteiger partial charge on any atom is 0.0793 e. The Hall–Kier alpha value is -0.120. The van der Waals surface area contributed by atoms with Crippen LogP contribution in [0, 0.1) is 0 Å². The minimum atomic E-state index is -0.0450. The summed E-state index contributed by atoms with van der Waals surface area (Å²) in [4.78, 5) is 2.31. The molecule has 64 valence electrons. The largest absolute Gasteiger partial charge is 0.390 e. The lowest BCUT2D eigenvalue weighted by molar-refractivity contribution is -0.00180. The molecule has 0 aromatic carbocycles. The molecular formula is C8H16N2O. The minimum Gasteiger partial charge on any atom is -0.390 e. The van der Waals surface area contributed by atoms with Gasteiger partial charge in [-0.2, -0.15) is 0 Å². The van der Waals surface area contributed by atoms with Crippen LogP contribution in [0.5, 0.6) is 0 Å². The molecule has 0 amide bonds. The van der Waals surface area contributed by atoms with E-state index in [9.17, 15) is 0 Å². The molecule has 0 aliphatic carbocycles. The second-order valence-corrected chi connectivity index (χ2v) is 3.67. The number of β-amino-alcohol motifs (C(OH)–C–C–N with tert-alkyl or cyclic N) is 1. The highest BCUT2D eigenvalue weighted by Gasteiger charge is 2.27. The van der Waals surface area contributed by atoms with Crippen molar-refractivity contribution in [3.63, 3.8) is 0 Å². The van der Waals surface area contributed by atoms with Gasteiger partial charge in [0.05, 0.1) is 6.10 Å². The van der Waals surface area contributed by atoms with Gasteiger partial charge in [0.25, 0.3) is 0 Å². The zero-order valence-electron chi connectivity index (χ0n) is 6.79. The molecule has 2 N–H and O–H groups in total. The van der Waals surface area contributed by atoms with Gasteiger partial charge in [-0.1, -0.05) is 0 Å². The predicted molar refractivity (Wildman–Crippen MR) is 43.5 cm³/mol. The summed E-state index contributed by atoms with van der Waals surface area (Å²) >= 11 is 0. The van der Waals surface area contributed by atoms with E-state index in [4.69, 9.17) is 5.11 Å². The first kappa shape index (κ1) is 7.53. The average Bonchev–Trinajstić information content (AvgIpc) is 2.36. The molecule has 0 saturated carbocycles. The highest BCUT2D eigenvalue weighted by atomic mass is 16.3. The van der Waals surface area contributed by atoms with E-state index in [2.05, 4.69) is 10.2 Å². The first-order valence-corrected chi connectivity index (χ1v) is 4.48. The first-order chi connectivity index (χ1) is 5.34. The molecule has 1 atom stereocenters. The topological polar surface area (TPSA) is 35.5 Å². The van der Waals surface area contributed by atoms with E-state index in [1.165, 1.54) is 19.4 Å². The molecule has 3 nitrogen and oxygen atoms in total. The lowest BCUT2D eigenvalue weighted by Gasteiger charge is -2.37. The van der Waals surface area contributed by atoms with Gasteiger partial charge in [0, 0.05) is 25.7 Å². The number of likely N-dealkylation sites (tertiary alicyclic amines) is 1. The van der Waals surface area contributed by atoms with Crippen LogP contribution in [-0.4, -0.2) is 48.3 Å². The van der Waals surface area contributed by atoms with Crippen LogP contribution in [0.2, 0.25) is 0 Å². The number of hydrogen-bond donors (Lipinski definition) is 2. The van der Waals surface area contributed by atoms with Crippen LogP contribution in [0.25, 0.3) is 0 Å². The van der Waals surface area contributed by atoms with Gasteiger partial charge in [-0.15, -0.1) is 0 Å². The van der Waals surface area contributed by atoms with Gasteiger partial charge < -0.3 is 10.4 Å². The van der Waals surface area contributed by atoms with Crippen LogP contribution in [0.4, 0.5) is 0 Å². The molecule has 2 aliphatic heterocycles. The number of nitrogens with one attached hydrogen (secondary N) is 1. The number of rotatable bonds is 2. The van der Waals surface area contributed by atoms with Crippen molar-refractivity contribution in [3.8, 4) is 0 Å². The van der Waals surface area contributed by atoms with Gasteiger partial charge >= 0.3 is 0 Å². The van der Waals surface area contributed by atoms with Crippen molar-refractivity contribution in [3.05, 3.63) is 0 Å². The molecule has 0 spiro atoms. The summed E-state index contributed by atoms with van der Waals surface area (Å²) in [7, 11) is 0. The monoisotopic (exact) mass is 156 g/mol. The van der Waals surface area contributed by atoms with Crippen molar-refractivity contribution >= 4 is 0 Å². The molecule has 0 bridgehead atoms. The number of hydrogen-bond acceptors (Lipinski definition) is 3. The fourth-order valence-electron chi connectivity index (χ4n) is 1.92. The minimum absolute atomic E-state index is 0.0450. The smallest absolute Gasteiger partial charge is 0.0793 e. The van der Waals surface area contributed by atoms with E-state index < -0.39 is 0 Å². The summed E-state index contributed by atoms with van der Waals surface area (Å²) in [5.74, 6) is 0. The van der Waals surface area contributed by atoms with E-state index in [-0.39, 0.29) is 6.10 Å². The molecule has 3 heteroatoms. The fourth-order valence-corrected chi connectivity index (χ4v) is 1.92. The van der Waals surface area contributed by atoms with E-state index >= 15 is 0 Å². The third kappa shape index (κ3) is 1.72. The first-order valence-electron chi connectivity index (χ1n) is 4.48. The van der Waals surface area contributed by atoms with E-state index in [1.54, 1.807) is 0 Å². The molecule has 2 fully saturated rings. The molecule has 2 saturated heterocycles. The molecule has 1 unspecified atom stereocenters. The lowest BCUT2D eigenvalue weighted by Crippen LogP contribution is -2.54. The average molecular weight is 156 g/mol. The summed E-state index contributed by atoms with van der Waals surface area (Å²) in [6.07, 6.45) is 2.59. The van der Waals surface area contributed by atoms with Crippen molar-refractivity contribution < 1.29 is 5.11 Å². The quantitative estimate of drug-likeness (QED) is 0.561. The second-order valence-electron chi connectivity index (χ2n) is 3.67. The molecule has 0 aromatic rings. The molecule has 2 aliphatic rings. The van der Waals surface area contributed by atoms with E-state index in [1.807, 2.05) is 0 Å². The Morgan fingerprint density at radius 1 is 1.45 bits per heavy atom. The summed E-state index contributed by atoms with van der Waals surface area (Å²) in [5.41, 5.74) is 0. The Morgan fingerprint density at radius 3 is 2.82 bits per heavy atom. The van der Waals surface area contributed by atoms with Crippen LogP contribution >= 0.6 is 0 Å². The third-order valence-electron chi connectivity index (χ3n) is 2.58. The number of aliphatic hydroxyl groups excluding tert-OH is 1. The van der Waals surface area contributed by atoms with Crippen molar-refractivity contribution in [2.45, 2.75) is 25.0 Å². The van der Waals surface area contributed by atoms with Gasteiger partial charge in [-0.3, -0.25) is 4.90 Å². The molecule has 0 aromatic heterocycles. The normalized spacial score (nSPS) is 34.1. The predicted octanol–water partition coefficient (Wildman–Crippen LogP) is -0.585. The zero-order valence-corrected chi connectivity index (χ0v) is 6.79.